The lowest BCUT2D eigenvalue weighted by Gasteiger charge is -2.45. The van der Waals surface area contributed by atoms with Crippen LogP contribution in [-0.4, -0.2) is 51.8 Å². The van der Waals surface area contributed by atoms with Crippen molar-refractivity contribution in [3.8, 4) is 0 Å². The molecule has 0 aromatic heterocycles. The standard InChI is InChI=1S/C42H43NO9S/c1-31-22-24-36(25-23-31)53(45,46)43-42(44)52-41-40(50-29-35-20-12-5-13-21-35)39(49-28-34-18-10-4-11-19-34)38(48-27-33-16-8-3-9-17-33)37(51-41)30-47-26-32-14-6-2-7-15-32/h2-25,37-41H,26-30H2,1H3,(H,43,44)/t37-,38+,39+,40-,41+/m1/s1. The van der Waals surface area contributed by atoms with Crippen LogP contribution in [0, 0.1) is 6.92 Å². The van der Waals surface area contributed by atoms with Crippen molar-refractivity contribution in [2.24, 2.45) is 0 Å². The molecule has 0 unspecified atom stereocenters. The van der Waals surface area contributed by atoms with Crippen LogP contribution in [-0.2, 0) is 64.9 Å². The van der Waals surface area contributed by atoms with Crippen LogP contribution in [0.25, 0.3) is 0 Å². The Morgan fingerprint density at radius 1 is 0.585 bits per heavy atom. The van der Waals surface area contributed by atoms with E-state index in [0.29, 0.717) is 0 Å². The van der Waals surface area contributed by atoms with E-state index in [-0.39, 0.29) is 37.9 Å². The molecule has 1 saturated heterocycles. The van der Waals surface area contributed by atoms with Crippen molar-refractivity contribution in [2.45, 2.75) is 69.0 Å². The van der Waals surface area contributed by atoms with Crippen molar-refractivity contribution < 1.29 is 41.6 Å². The van der Waals surface area contributed by atoms with Gasteiger partial charge in [-0.1, -0.05) is 139 Å². The number of benzene rings is 5. The number of carbonyl (C=O) groups excluding carboxylic acids is 1. The number of amides is 1. The molecule has 5 aromatic rings. The third-order valence-corrected chi connectivity index (χ3v) is 9.94. The van der Waals surface area contributed by atoms with Crippen molar-refractivity contribution in [1.82, 2.24) is 4.72 Å². The van der Waals surface area contributed by atoms with Gasteiger partial charge in [0, 0.05) is 0 Å². The second-order valence-electron chi connectivity index (χ2n) is 12.7. The van der Waals surface area contributed by atoms with E-state index in [2.05, 4.69) is 0 Å². The highest BCUT2D eigenvalue weighted by atomic mass is 32.2. The van der Waals surface area contributed by atoms with Crippen LogP contribution in [0.3, 0.4) is 0 Å². The zero-order valence-corrected chi connectivity index (χ0v) is 30.2. The number of carbonyl (C=O) groups is 1. The molecule has 0 saturated carbocycles. The summed E-state index contributed by atoms with van der Waals surface area (Å²) in [6.45, 7) is 2.68. The molecule has 53 heavy (non-hydrogen) atoms. The van der Waals surface area contributed by atoms with Crippen molar-refractivity contribution in [3.63, 3.8) is 0 Å². The first-order valence-corrected chi connectivity index (χ1v) is 18.9. The van der Waals surface area contributed by atoms with E-state index in [1.807, 2.05) is 133 Å². The Bertz CT molecular complexity index is 1950. The molecule has 276 valence electrons. The van der Waals surface area contributed by atoms with Gasteiger partial charge in [0.15, 0.2) is 0 Å². The smallest absolute Gasteiger partial charge is 0.416 e. The van der Waals surface area contributed by atoms with Gasteiger partial charge in [-0.25, -0.2) is 17.9 Å². The molecule has 0 spiro atoms. The summed E-state index contributed by atoms with van der Waals surface area (Å²) in [7, 11) is -4.27. The fraction of sp³-hybridized carbons (Fsp3) is 0.262. The minimum atomic E-state index is -4.27. The number of rotatable bonds is 16. The van der Waals surface area contributed by atoms with Crippen molar-refractivity contribution in [2.75, 3.05) is 6.61 Å². The monoisotopic (exact) mass is 737 g/mol. The largest absolute Gasteiger partial charge is 0.423 e. The number of aryl methyl sites for hydroxylation is 1. The van der Waals surface area contributed by atoms with Gasteiger partial charge in [0.1, 0.15) is 24.4 Å². The zero-order chi connectivity index (χ0) is 36.9. The fourth-order valence-corrected chi connectivity index (χ4v) is 6.74. The molecular formula is C42H43NO9S. The van der Waals surface area contributed by atoms with Crippen molar-refractivity contribution in [1.29, 1.82) is 0 Å². The molecule has 10 nitrogen and oxygen atoms in total. The third-order valence-electron chi connectivity index (χ3n) is 8.61. The Balaban J connectivity index is 1.31. The highest BCUT2D eigenvalue weighted by Gasteiger charge is 2.50. The minimum Gasteiger partial charge on any atom is -0.416 e. The number of hydrogen-bond donors (Lipinski definition) is 1. The van der Waals surface area contributed by atoms with Gasteiger partial charge < -0.3 is 28.4 Å². The van der Waals surface area contributed by atoms with E-state index >= 15 is 0 Å². The maximum absolute atomic E-state index is 13.4. The Morgan fingerprint density at radius 3 is 1.51 bits per heavy atom. The van der Waals surface area contributed by atoms with Gasteiger partial charge in [0.2, 0.25) is 6.29 Å². The maximum Gasteiger partial charge on any atom is 0.423 e. The normalized spacial score (nSPS) is 20.1. The van der Waals surface area contributed by atoms with E-state index < -0.39 is 46.8 Å². The van der Waals surface area contributed by atoms with Gasteiger partial charge in [-0.15, -0.1) is 0 Å². The highest BCUT2D eigenvalue weighted by Crippen LogP contribution is 2.32. The lowest BCUT2D eigenvalue weighted by molar-refractivity contribution is -0.315. The molecular weight excluding hydrogens is 695 g/mol. The molecule has 6 rings (SSSR count). The lowest BCUT2D eigenvalue weighted by Crippen LogP contribution is -2.62. The summed E-state index contributed by atoms with van der Waals surface area (Å²) >= 11 is 0. The molecule has 0 bridgehead atoms. The number of sulfonamides is 1. The molecule has 1 heterocycles. The molecule has 1 N–H and O–H groups in total. The Labute approximate surface area is 310 Å². The topological polar surface area (TPSA) is 119 Å². The summed E-state index contributed by atoms with van der Waals surface area (Å²) in [6, 6.07) is 44.6. The lowest BCUT2D eigenvalue weighted by atomic mass is 9.97. The predicted molar refractivity (Wildman–Crippen MR) is 198 cm³/mol. The molecule has 5 aromatic carbocycles. The van der Waals surface area contributed by atoms with Crippen LogP contribution in [0.15, 0.2) is 150 Å². The number of ether oxygens (including phenoxy) is 6. The minimum absolute atomic E-state index is 0.0358. The van der Waals surface area contributed by atoms with E-state index in [1.165, 1.54) is 12.1 Å². The van der Waals surface area contributed by atoms with Gasteiger partial charge in [0.05, 0.1) is 37.9 Å². The van der Waals surface area contributed by atoms with Crippen LogP contribution in [0.4, 0.5) is 4.79 Å². The van der Waals surface area contributed by atoms with Crippen LogP contribution >= 0.6 is 0 Å². The first-order valence-electron chi connectivity index (χ1n) is 17.4. The molecule has 5 atom stereocenters. The first-order chi connectivity index (χ1) is 25.8. The van der Waals surface area contributed by atoms with Gasteiger partial charge in [-0.05, 0) is 41.3 Å². The summed E-state index contributed by atoms with van der Waals surface area (Å²) in [5, 5.41) is 0. The van der Waals surface area contributed by atoms with Crippen LogP contribution in [0.1, 0.15) is 27.8 Å². The van der Waals surface area contributed by atoms with Gasteiger partial charge >= 0.3 is 6.09 Å². The van der Waals surface area contributed by atoms with Crippen molar-refractivity contribution >= 4 is 16.1 Å². The van der Waals surface area contributed by atoms with E-state index in [0.717, 1.165) is 27.8 Å². The second kappa shape index (κ2) is 18.7. The van der Waals surface area contributed by atoms with Crippen LogP contribution in [0.2, 0.25) is 0 Å². The SMILES string of the molecule is Cc1ccc(S(=O)(=O)NC(=O)O[C@@H]2O[C@H](COCc3ccccc3)[C@H](OCc3ccccc3)[C@H](OCc3ccccc3)[C@H]2OCc2ccccc2)cc1. The quantitative estimate of drug-likeness (QED) is 0.113. The maximum atomic E-state index is 13.4. The predicted octanol–water partition coefficient (Wildman–Crippen LogP) is 7.11. The number of hydrogen-bond acceptors (Lipinski definition) is 9. The highest BCUT2D eigenvalue weighted by molar-refractivity contribution is 7.90. The molecule has 1 aliphatic heterocycles. The Morgan fingerprint density at radius 2 is 1.02 bits per heavy atom. The number of nitrogens with one attached hydrogen (secondary N) is 1. The molecule has 1 aliphatic rings. The van der Waals surface area contributed by atoms with Gasteiger partial charge in [-0.3, -0.25) is 0 Å². The van der Waals surface area contributed by atoms with E-state index in [1.54, 1.807) is 12.1 Å². The van der Waals surface area contributed by atoms with Gasteiger partial charge in [-0.2, -0.15) is 0 Å². The second-order valence-corrected chi connectivity index (χ2v) is 14.3. The summed E-state index contributed by atoms with van der Waals surface area (Å²) < 4.78 is 66.5. The summed E-state index contributed by atoms with van der Waals surface area (Å²) in [5.41, 5.74) is 4.51. The van der Waals surface area contributed by atoms with Gasteiger partial charge in [0.25, 0.3) is 10.0 Å². The zero-order valence-electron chi connectivity index (χ0n) is 29.4. The summed E-state index contributed by atoms with van der Waals surface area (Å²) in [6.07, 6.45) is -6.18. The molecule has 1 fully saturated rings. The molecule has 11 heteroatoms. The Kier molecular flexibility index (Phi) is 13.4. The van der Waals surface area contributed by atoms with E-state index in [4.69, 9.17) is 28.4 Å². The molecule has 0 aliphatic carbocycles. The molecule has 1 amide bonds. The average Bonchev–Trinajstić information content (AvgIpc) is 3.18. The fourth-order valence-electron chi connectivity index (χ4n) is 5.86. The Hall–Kier alpha value is -4.88. The third kappa shape index (κ3) is 11.1. The van der Waals surface area contributed by atoms with E-state index in [9.17, 15) is 13.2 Å². The molecule has 0 radical (unpaired) electrons. The summed E-state index contributed by atoms with van der Waals surface area (Å²) in [5.74, 6) is 0. The van der Waals surface area contributed by atoms with Crippen molar-refractivity contribution in [3.05, 3.63) is 173 Å². The summed E-state index contributed by atoms with van der Waals surface area (Å²) in [4.78, 5) is 13.3. The first kappa shape index (κ1) is 37.9. The van der Waals surface area contributed by atoms with Crippen LogP contribution < -0.4 is 4.72 Å². The average molecular weight is 738 g/mol. The van der Waals surface area contributed by atoms with Crippen LogP contribution in [0.5, 0.6) is 0 Å².